The number of pyridine rings is 1. The fraction of sp³-hybridized carbons (Fsp3) is 0.143. The van der Waals surface area contributed by atoms with Crippen LogP contribution in [0.15, 0.2) is 48.7 Å². The molecule has 1 heterocycles. The van der Waals surface area contributed by atoms with E-state index in [1.165, 1.54) is 5.56 Å². The molecule has 16 heavy (non-hydrogen) atoms. The summed E-state index contributed by atoms with van der Waals surface area (Å²) in [7, 11) is 0. The molecule has 0 saturated heterocycles. The van der Waals surface area contributed by atoms with Crippen molar-refractivity contribution in [1.82, 2.24) is 4.98 Å². The van der Waals surface area contributed by atoms with Crippen LogP contribution in [0.1, 0.15) is 23.6 Å². The molecule has 2 aromatic rings. The van der Waals surface area contributed by atoms with Gasteiger partial charge in [0.15, 0.2) is 0 Å². The Labute approximate surface area is 101 Å². The van der Waals surface area contributed by atoms with E-state index in [2.05, 4.69) is 11.9 Å². The Balaban J connectivity index is 2.33. The van der Waals surface area contributed by atoms with E-state index in [9.17, 15) is 0 Å². The summed E-state index contributed by atoms with van der Waals surface area (Å²) in [6.45, 7) is 3.99. The van der Waals surface area contributed by atoms with Crippen molar-refractivity contribution in [3.05, 3.63) is 71.9 Å². The van der Waals surface area contributed by atoms with Gasteiger partial charge in [0.1, 0.15) is 0 Å². The zero-order valence-electron chi connectivity index (χ0n) is 8.94. The Morgan fingerprint density at radius 3 is 2.44 bits per heavy atom. The van der Waals surface area contributed by atoms with Crippen LogP contribution in [0.25, 0.3) is 0 Å². The molecule has 1 unspecified atom stereocenters. The summed E-state index contributed by atoms with van der Waals surface area (Å²) in [5, 5.41) is 0.757. The average Bonchev–Trinajstić information content (AvgIpc) is 2.34. The van der Waals surface area contributed by atoms with Crippen molar-refractivity contribution in [2.45, 2.75) is 12.3 Å². The maximum absolute atomic E-state index is 5.87. The second-order valence-electron chi connectivity index (χ2n) is 3.65. The molecular weight excluding hydrogens is 218 g/mol. The SMILES string of the molecule is [CH2]CC(c1ccc(Cl)cc1)c1ccccn1. The van der Waals surface area contributed by atoms with Crippen molar-refractivity contribution in [3.8, 4) is 0 Å². The van der Waals surface area contributed by atoms with E-state index in [0.717, 1.165) is 17.1 Å². The van der Waals surface area contributed by atoms with Crippen LogP contribution in [0, 0.1) is 6.92 Å². The normalized spacial score (nSPS) is 12.4. The molecule has 0 amide bonds. The van der Waals surface area contributed by atoms with Gasteiger partial charge in [-0.3, -0.25) is 4.98 Å². The summed E-state index contributed by atoms with van der Waals surface area (Å²) in [5.74, 6) is 0.249. The topological polar surface area (TPSA) is 12.9 Å². The molecule has 0 aliphatic heterocycles. The largest absolute Gasteiger partial charge is 0.261 e. The standard InChI is InChI=1S/C14H13ClN/c1-2-13(14-5-3-4-10-16-14)11-6-8-12(15)9-7-11/h3-10,13H,1-2H2. The van der Waals surface area contributed by atoms with E-state index >= 15 is 0 Å². The number of aromatic nitrogens is 1. The minimum atomic E-state index is 0.249. The number of hydrogen-bond acceptors (Lipinski definition) is 1. The molecule has 0 bridgehead atoms. The Morgan fingerprint density at radius 2 is 1.88 bits per heavy atom. The van der Waals surface area contributed by atoms with Gasteiger partial charge in [-0.05, 0) is 36.2 Å². The molecule has 2 heteroatoms. The second kappa shape index (κ2) is 5.13. The van der Waals surface area contributed by atoms with Crippen molar-refractivity contribution in [2.75, 3.05) is 0 Å². The van der Waals surface area contributed by atoms with Crippen LogP contribution in [0.3, 0.4) is 0 Å². The number of hydrogen-bond donors (Lipinski definition) is 0. The first-order valence-electron chi connectivity index (χ1n) is 5.27. The van der Waals surface area contributed by atoms with E-state index in [4.69, 9.17) is 11.6 Å². The van der Waals surface area contributed by atoms with Gasteiger partial charge in [-0.25, -0.2) is 0 Å². The molecule has 0 fully saturated rings. The van der Waals surface area contributed by atoms with Gasteiger partial charge in [-0.15, -0.1) is 0 Å². The van der Waals surface area contributed by atoms with Crippen molar-refractivity contribution >= 4 is 11.6 Å². The van der Waals surface area contributed by atoms with Crippen molar-refractivity contribution in [1.29, 1.82) is 0 Å². The maximum atomic E-state index is 5.87. The molecule has 0 spiro atoms. The first-order chi connectivity index (χ1) is 7.81. The molecule has 2 rings (SSSR count). The van der Waals surface area contributed by atoms with Gasteiger partial charge in [0.25, 0.3) is 0 Å². The smallest absolute Gasteiger partial charge is 0.0478 e. The van der Waals surface area contributed by atoms with E-state index < -0.39 is 0 Å². The number of benzene rings is 1. The summed E-state index contributed by atoms with van der Waals surface area (Å²) in [6.07, 6.45) is 2.60. The summed E-state index contributed by atoms with van der Waals surface area (Å²) in [6, 6.07) is 13.8. The third-order valence-corrected chi connectivity index (χ3v) is 2.86. The highest BCUT2D eigenvalue weighted by Crippen LogP contribution is 2.26. The number of halogens is 1. The van der Waals surface area contributed by atoms with Crippen LogP contribution in [-0.4, -0.2) is 4.98 Å². The van der Waals surface area contributed by atoms with Crippen LogP contribution >= 0.6 is 11.6 Å². The Morgan fingerprint density at radius 1 is 1.12 bits per heavy atom. The highest BCUT2D eigenvalue weighted by atomic mass is 35.5. The molecule has 1 aromatic carbocycles. The lowest BCUT2D eigenvalue weighted by atomic mass is 9.93. The third-order valence-electron chi connectivity index (χ3n) is 2.61. The predicted molar refractivity (Wildman–Crippen MR) is 67.5 cm³/mol. The zero-order chi connectivity index (χ0) is 11.4. The molecular formula is C14H13ClN. The summed E-state index contributed by atoms with van der Waals surface area (Å²) in [5.41, 5.74) is 2.26. The van der Waals surface area contributed by atoms with Gasteiger partial charge in [-0.2, -0.15) is 0 Å². The highest BCUT2D eigenvalue weighted by molar-refractivity contribution is 6.30. The minimum Gasteiger partial charge on any atom is -0.261 e. The van der Waals surface area contributed by atoms with E-state index in [1.807, 2.05) is 48.7 Å². The van der Waals surface area contributed by atoms with Crippen LogP contribution in [0.2, 0.25) is 5.02 Å². The molecule has 0 aliphatic carbocycles. The second-order valence-corrected chi connectivity index (χ2v) is 4.08. The molecule has 1 aromatic heterocycles. The van der Waals surface area contributed by atoms with Crippen molar-refractivity contribution in [2.24, 2.45) is 0 Å². The van der Waals surface area contributed by atoms with Crippen molar-refractivity contribution < 1.29 is 0 Å². The summed E-state index contributed by atoms with van der Waals surface area (Å²) < 4.78 is 0. The molecule has 1 nitrogen and oxygen atoms in total. The monoisotopic (exact) mass is 230 g/mol. The Bertz CT molecular complexity index is 436. The number of nitrogens with zero attached hydrogens (tertiary/aromatic N) is 1. The number of rotatable bonds is 3. The Kier molecular flexibility index (Phi) is 3.58. The fourth-order valence-electron chi connectivity index (χ4n) is 1.76. The molecule has 81 valence electrons. The lowest BCUT2D eigenvalue weighted by molar-refractivity contribution is 0.792. The minimum absolute atomic E-state index is 0.249. The molecule has 0 N–H and O–H groups in total. The van der Waals surface area contributed by atoms with Gasteiger partial charge in [0.05, 0.1) is 0 Å². The lowest BCUT2D eigenvalue weighted by Crippen LogP contribution is -2.01. The Hall–Kier alpha value is -1.34. The predicted octanol–water partition coefficient (Wildman–Crippen LogP) is 4.09. The van der Waals surface area contributed by atoms with Crippen LogP contribution in [0.4, 0.5) is 0 Å². The molecule has 0 aliphatic rings. The van der Waals surface area contributed by atoms with E-state index in [0.29, 0.717) is 0 Å². The molecule has 1 atom stereocenters. The third kappa shape index (κ3) is 2.42. The van der Waals surface area contributed by atoms with E-state index in [-0.39, 0.29) is 5.92 Å². The van der Waals surface area contributed by atoms with Gasteiger partial charge in [-0.1, -0.05) is 36.7 Å². The molecule has 1 radical (unpaired) electrons. The quantitative estimate of drug-likeness (QED) is 0.774. The van der Waals surface area contributed by atoms with Gasteiger partial charge < -0.3 is 0 Å². The van der Waals surface area contributed by atoms with Crippen LogP contribution in [0.5, 0.6) is 0 Å². The fourth-order valence-corrected chi connectivity index (χ4v) is 1.89. The maximum Gasteiger partial charge on any atom is 0.0478 e. The summed E-state index contributed by atoms with van der Waals surface area (Å²) in [4.78, 5) is 4.38. The zero-order valence-corrected chi connectivity index (χ0v) is 9.69. The van der Waals surface area contributed by atoms with Gasteiger partial charge in [0, 0.05) is 22.8 Å². The van der Waals surface area contributed by atoms with Gasteiger partial charge >= 0.3 is 0 Å². The lowest BCUT2D eigenvalue weighted by Gasteiger charge is -2.14. The average molecular weight is 231 g/mol. The first-order valence-corrected chi connectivity index (χ1v) is 5.64. The van der Waals surface area contributed by atoms with Crippen LogP contribution in [-0.2, 0) is 0 Å². The van der Waals surface area contributed by atoms with Crippen LogP contribution < -0.4 is 0 Å². The summed E-state index contributed by atoms with van der Waals surface area (Å²) >= 11 is 5.87. The van der Waals surface area contributed by atoms with Gasteiger partial charge in [0.2, 0.25) is 0 Å². The highest BCUT2D eigenvalue weighted by Gasteiger charge is 2.12. The molecule has 0 saturated carbocycles. The van der Waals surface area contributed by atoms with Crippen molar-refractivity contribution in [3.63, 3.8) is 0 Å². The first kappa shape index (κ1) is 11.2. The van der Waals surface area contributed by atoms with E-state index in [1.54, 1.807) is 0 Å².